The lowest BCUT2D eigenvalue weighted by Gasteiger charge is -2.20. The van der Waals surface area contributed by atoms with Gasteiger partial charge in [0.15, 0.2) is 0 Å². The van der Waals surface area contributed by atoms with Crippen molar-refractivity contribution in [3.63, 3.8) is 0 Å². The molecule has 1 aromatic carbocycles. The zero-order valence-corrected chi connectivity index (χ0v) is 18.6. The normalized spacial score (nSPS) is 17.4. The Morgan fingerprint density at radius 1 is 1.22 bits per heavy atom. The molecule has 0 bridgehead atoms. The van der Waals surface area contributed by atoms with Gasteiger partial charge in [-0.2, -0.15) is 0 Å². The number of carbonyl (C=O) groups excluding carboxylic acids is 1. The van der Waals surface area contributed by atoms with Crippen molar-refractivity contribution in [1.29, 1.82) is 0 Å². The highest BCUT2D eigenvalue weighted by Crippen LogP contribution is 2.21. The second-order valence-electron chi connectivity index (χ2n) is 7.62. The molecule has 0 saturated carbocycles. The molecule has 0 spiro atoms. The number of benzene rings is 1. The highest BCUT2D eigenvalue weighted by atomic mass is 32.1. The molecule has 1 amide bonds. The van der Waals surface area contributed by atoms with Crippen LogP contribution in [0.1, 0.15) is 46.3 Å². The minimum atomic E-state index is -0.971. The second kappa shape index (κ2) is 11.3. The van der Waals surface area contributed by atoms with E-state index in [0.717, 1.165) is 16.9 Å². The lowest BCUT2D eigenvalue weighted by molar-refractivity contribution is -0.127. The van der Waals surface area contributed by atoms with Gasteiger partial charge in [-0.1, -0.05) is 61.0 Å². The summed E-state index contributed by atoms with van der Waals surface area (Å²) in [5.74, 6) is 11.1. The van der Waals surface area contributed by atoms with Gasteiger partial charge < -0.3 is 15.1 Å². The monoisotopic (exact) mass is 447 g/mol. The molecule has 1 saturated heterocycles. The number of nitrogens with zero attached hydrogens (tertiary/aromatic N) is 1. The van der Waals surface area contributed by atoms with E-state index in [-0.39, 0.29) is 29.3 Å². The number of hydrogen-bond donors (Lipinski definition) is 2. The summed E-state index contributed by atoms with van der Waals surface area (Å²) in [6.45, 7) is 2.21. The Bertz CT molecular complexity index is 1100. The number of carboxylic acid groups (broad SMARTS) is 1. The number of carbonyl (C=O) groups is 2. The number of aliphatic hydroxyl groups excluding tert-OH is 1. The van der Waals surface area contributed by atoms with E-state index in [4.69, 9.17) is 5.11 Å². The molecule has 2 N–H and O–H groups in total. The molecule has 32 heavy (non-hydrogen) atoms. The van der Waals surface area contributed by atoms with Gasteiger partial charge in [0.05, 0.1) is 23.6 Å². The Morgan fingerprint density at radius 2 is 2.00 bits per heavy atom. The van der Waals surface area contributed by atoms with Gasteiger partial charge in [0.2, 0.25) is 5.91 Å². The van der Waals surface area contributed by atoms with Gasteiger partial charge in [-0.15, -0.1) is 11.3 Å². The number of aromatic carboxylic acids is 1. The van der Waals surface area contributed by atoms with Gasteiger partial charge in [-0.25, -0.2) is 4.79 Å². The molecule has 2 aromatic rings. The zero-order chi connectivity index (χ0) is 22.9. The first kappa shape index (κ1) is 23.3. The highest BCUT2D eigenvalue weighted by Gasteiger charge is 2.28. The fraction of sp³-hybridized carbons (Fsp3) is 0.308. The predicted octanol–water partition coefficient (Wildman–Crippen LogP) is 3.78. The molecule has 6 heteroatoms. The molecule has 0 radical (unpaired) electrons. The number of hydrogen-bond acceptors (Lipinski definition) is 4. The molecular formula is C26H25NO4S. The number of carboxylic acids is 1. The smallest absolute Gasteiger partial charge is 0.345 e. The maximum atomic E-state index is 12.2. The highest BCUT2D eigenvalue weighted by molar-refractivity contribution is 7.14. The molecule has 1 aliphatic rings. The summed E-state index contributed by atoms with van der Waals surface area (Å²) in [4.78, 5) is 25.8. The van der Waals surface area contributed by atoms with Gasteiger partial charge in [0, 0.05) is 18.4 Å². The molecule has 3 rings (SSSR count). The number of rotatable bonds is 6. The van der Waals surface area contributed by atoms with Crippen LogP contribution in [0.2, 0.25) is 0 Å². The Balaban J connectivity index is 1.54. The van der Waals surface area contributed by atoms with Gasteiger partial charge in [-0.05, 0) is 36.6 Å². The van der Waals surface area contributed by atoms with E-state index in [0.29, 0.717) is 24.1 Å². The Labute approximate surface area is 192 Å². The molecule has 1 unspecified atom stereocenters. The average Bonchev–Trinajstić information content (AvgIpc) is 3.40. The van der Waals surface area contributed by atoms with Crippen molar-refractivity contribution in [3.05, 3.63) is 69.9 Å². The summed E-state index contributed by atoms with van der Waals surface area (Å²) in [5.41, 5.74) is 0.952. The summed E-state index contributed by atoms with van der Waals surface area (Å²) in [6.07, 6.45) is 4.69. The van der Waals surface area contributed by atoms with E-state index in [1.807, 2.05) is 43.3 Å². The molecule has 1 aliphatic heterocycles. The van der Waals surface area contributed by atoms with Crippen molar-refractivity contribution in [2.75, 3.05) is 6.54 Å². The first-order valence-corrected chi connectivity index (χ1v) is 11.3. The van der Waals surface area contributed by atoms with E-state index < -0.39 is 12.1 Å². The summed E-state index contributed by atoms with van der Waals surface area (Å²) in [7, 11) is 0. The van der Waals surface area contributed by atoms with Crippen LogP contribution in [0, 0.1) is 29.6 Å². The summed E-state index contributed by atoms with van der Waals surface area (Å²) < 4.78 is 0. The molecule has 1 fully saturated rings. The predicted molar refractivity (Wildman–Crippen MR) is 125 cm³/mol. The quantitative estimate of drug-likeness (QED) is 0.522. The second-order valence-corrected chi connectivity index (χ2v) is 8.71. The summed E-state index contributed by atoms with van der Waals surface area (Å²) in [6, 6.07) is 12.8. The van der Waals surface area contributed by atoms with Crippen molar-refractivity contribution in [2.45, 2.75) is 38.3 Å². The zero-order valence-electron chi connectivity index (χ0n) is 17.8. The molecule has 0 aliphatic carbocycles. The van der Waals surface area contributed by atoms with E-state index >= 15 is 0 Å². The first-order chi connectivity index (χ1) is 15.4. The fourth-order valence-corrected chi connectivity index (χ4v) is 4.00. The van der Waals surface area contributed by atoms with Crippen molar-refractivity contribution < 1.29 is 19.8 Å². The number of thiophene rings is 1. The Hall–Kier alpha value is -3.32. The van der Waals surface area contributed by atoms with Crippen LogP contribution in [0.25, 0.3) is 0 Å². The number of likely N-dealkylation sites (tertiary alicyclic amines) is 1. The lowest BCUT2D eigenvalue weighted by atomic mass is 9.99. The molecule has 5 nitrogen and oxygen atoms in total. The summed E-state index contributed by atoms with van der Waals surface area (Å²) in [5, 5.41) is 19.4. The minimum Gasteiger partial charge on any atom is -0.477 e. The first-order valence-electron chi connectivity index (χ1n) is 10.5. The maximum absolute atomic E-state index is 12.2. The molecule has 3 atom stereocenters. The van der Waals surface area contributed by atoms with E-state index in [9.17, 15) is 14.7 Å². The molecule has 164 valence electrons. The lowest BCUT2D eigenvalue weighted by Crippen LogP contribution is -2.32. The van der Waals surface area contributed by atoms with Gasteiger partial charge >= 0.3 is 5.97 Å². The molecule has 1 aromatic heterocycles. The van der Waals surface area contributed by atoms with Crippen molar-refractivity contribution in [2.24, 2.45) is 5.92 Å². The van der Waals surface area contributed by atoms with Crippen molar-refractivity contribution >= 4 is 23.2 Å². The van der Waals surface area contributed by atoms with Gasteiger partial charge in [0.1, 0.15) is 4.88 Å². The Kier molecular flexibility index (Phi) is 8.27. The third kappa shape index (κ3) is 6.59. The van der Waals surface area contributed by atoms with E-state index in [1.54, 1.807) is 17.0 Å². The van der Waals surface area contributed by atoms with Gasteiger partial charge in [-0.3, -0.25) is 4.79 Å². The van der Waals surface area contributed by atoms with Crippen LogP contribution in [0.15, 0.2) is 54.6 Å². The van der Waals surface area contributed by atoms with E-state index in [1.165, 1.54) is 6.07 Å². The number of amides is 1. The molecule has 2 heterocycles. The van der Waals surface area contributed by atoms with Crippen LogP contribution in [0.4, 0.5) is 0 Å². The minimum absolute atomic E-state index is 0.0302. The molecular weight excluding hydrogens is 422 g/mol. The standard InChI is InChI=1S/C26H25NO4S/c1-19(7-5-10-20-8-3-2-4-9-20)23(28)15-12-21-13-17-25(29)27(21)18-6-11-22-14-16-24(32-22)26(30)31/h2-4,8-9,12,14-16,19,21,23,28H,7,13,17-18H2,1H3,(H,30,31)/b15-12+/t19?,21-,23+/m0/s1. The Morgan fingerprint density at radius 3 is 2.72 bits per heavy atom. The SMILES string of the molecule is CC(CC#Cc1ccccc1)[C@H](O)/C=C/[C@H]1CCC(=O)N1CC#Cc1ccc(C(=O)O)s1. The van der Waals surface area contributed by atoms with Crippen LogP contribution in [0.5, 0.6) is 0 Å². The fourth-order valence-electron chi connectivity index (χ4n) is 3.28. The van der Waals surface area contributed by atoms with Crippen LogP contribution >= 0.6 is 11.3 Å². The van der Waals surface area contributed by atoms with Crippen LogP contribution in [-0.2, 0) is 4.79 Å². The van der Waals surface area contributed by atoms with Crippen LogP contribution < -0.4 is 0 Å². The van der Waals surface area contributed by atoms with Crippen LogP contribution in [0.3, 0.4) is 0 Å². The van der Waals surface area contributed by atoms with Crippen molar-refractivity contribution in [1.82, 2.24) is 4.90 Å². The largest absolute Gasteiger partial charge is 0.477 e. The average molecular weight is 448 g/mol. The van der Waals surface area contributed by atoms with Crippen LogP contribution in [-0.4, -0.2) is 45.7 Å². The third-order valence-corrected chi connectivity index (χ3v) is 6.19. The topological polar surface area (TPSA) is 77.8 Å². The van der Waals surface area contributed by atoms with E-state index in [2.05, 4.69) is 23.7 Å². The third-order valence-electron chi connectivity index (χ3n) is 5.20. The van der Waals surface area contributed by atoms with Crippen molar-refractivity contribution in [3.8, 4) is 23.7 Å². The maximum Gasteiger partial charge on any atom is 0.345 e. The van der Waals surface area contributed by atoms with Gasteiger partial charge in [0.25, 0.3) is 0 Å². The summed E-state index contributed by atoms with van der Waals surface area (Å²) >= 11 is 1.11. The number of aliphatic hydroxyl groups is 1.